The molecule has 1 heterocycles. The second kappa shape index (κ2) is 14.7. The Balaban J connectivity index is 3.11. The van der Waals surface area contributed by atoms with Crippen molar-refractivity contribution in [1.29, 1.82) is 0 Å². The van der Waals surface area contributed by atoms with Crippen molar-refractivity contribution in [3.8, 4) is 0 Å². The number of nitrogens with one attached hydrogen (secondary N) is 1. The van der Waals surface area contributed by atoms with Crippen LogP contribution in [0.5, 0.6) is 0 Å². The van der Waals surface area contributed by atoms with E-state index in [1.165, 1.54) is 0 Å². The number of hydrogen-bond donors (Lipinski definition) is 3. The maximum atomic E-state index is 13.0. The Hall–Kier alpha value is -1.28. The summed E-state index contributed by atoms with van der Waals surface area (Å²) in [5, 5.41) is 13.4. The van der Waals surface area contributed by atoms with Crippen molar-refractivity contribution >= 4 is 11.8 Å². The number of hydrogen-bond acceptors (Lipinski definition) is 7. The molecule has 0 saturated carbocycles. The second-order valence-electron chi connectivity index (χ2n) is 9.15. The van der Waals surface area contributed by atoms with E-state index in [9.17, 15) is 14.7 Å². The number of carbonyl (C=O) groups is 2. The highest BCUT2D eigenvalue weighted by Gasteiger charge is 2.34. The highest BCUT2D eigenvalue weighted by molar-refractivity contribution is 5.97. The molecule has 1 fully saturated rings. The van der Waals surface area contributed by atoms with E-state index in [0.717, 1.165) is 32.4 Å². The van der Waals surface area contributed by atoms with Crippen LogP contribution in [0, 0.1) is 23.7 Å². The average molecular weight is 441 g/mol. The molecular formula is C24H44N2O5. The minimum atomic E-state index is -0.792. The van der Waals surface area contributed by atoms with Gasteiger partial charge in [-0.05, 0) is 56.5 Å². The first-order chi connectivity index (χ1) is 14.7. The summed E-state index contributed by atoms with van der Waals surface area (Å²) in [4.78, 5) is 25.5. The molecule has 0 aliphatic carbocycles. The zero-order valence-corrected chi connectivity index (χ0v) is 19.8. The first-order valence-corrected chi connectivity index (χ1v) is 11.8. The molecule has 1 aliphatic rings. The molecule has 4 N–H and O–H groups in total. The van der Waals surface area contributed by atoms with E-state index in [0.29, 0.717) is 12.3 Å². The molecule has 0 aromatic carbocycles. The predicted octanol–water partition coefficient (Wildman–Crippen LogP) is 2.46. The van der Waals surface area contributed by atoms with Gasteiger partial charge in [0.05, 0.1) is 18.8 Å². The van der Waals surface area contributed by atoms with Crippen LogP contribution in [0.1, 0.15) is 59.8 Å². The molecule has 7 nitrogen and oxygen atoms in total. The number of rotatable bonds is 7. The number of allylic oxidation sites excluding steroid dienone is 1. The van der Waals surface area contributed by atoms with E-state index in [1.807, 2.05) is 13.0 Å². The average Bonchev–Trinajstić information content (AvgIpc) is 2.74. The first kappa shape index (κ1) is 27.8. The number of cyclic esters (lactones) is 1. The van der Waals surface area contributed by atoms with E-state index in [2.05, 4.69) is 25.7 Å². The molecule has 1 aliphatic heterocycles. The number of ketones is 1. The Bertz CT molecular complexity index is 556. The molecule has 31 heavy (non-hydrogen) atoms. The fourth-order valence-electron chi connectivity index (χ4n) is 4.32. The van der Waals surface area contributed by atoms with Gasteiger partial charge in [-0.3, -0.25) is 9.59 Å². The van der Waals surface area contributed by atoms with E-state index in [1.54, 1.807) is 6.92 Å². The van der Waals surface area contributed by atoms with Crippen LogP contribution < -0.4 is 11.1 Å². The fourth-order valence-corrected chi connectivity index (χ4v) is 4.32. The van der Waals surface area contributed by atoms with Crippen LogP contribution >= 0.6 is 0 Å². The summed E-state index contributed by atoms with van der Waals surface area (Å²) in [6.07, 6.45) is 3.31. The summed E-state index contributed by atoms with van der Waals surface area (Å²) in [6.45, 7) is 13.8. The summed E-state index contributed by atoms with van der Waals surface area (Å²) < 4.78 is 11.7. The van der Waals surface area contributed by atoms with Crippen molar-refractivity contribution < 1.29 is 24.2 Å². The molecule has 7 heteroatoms. The van der Waals surface area contributed by atoms with Crippen molar-refractivity contribution in [2.45, 2.75) is 78.1 Å². The molecule has 0 aromatic rings. The van der Waals surface area contributed by atoms with Crippen LogP contribution in [0.25, 0.3) is 0 Å². The van der Waals surface area contributed by atoms with Gasteiger partial charge in [-0.25, -0.2) is 0 Å². The molecule has 0 spiro atoms. The quantitative estimate of drug-likeness (QED) is 0.317. The summed E-state index contributed by atoms with van der Waals surface area (Å²) in [6, 6.07) is 0. The van der Waals surface area contributed by atoms with Crippen molar-refractivity contribution in [2.24, 2.45) is 29.4 Å². The number of Topliss-reactive ketones (excluding diaryl/α,β-unsaturated/α-hetero) is 1. The van der Waals surface area contributed by atoms with Crippen LogP contribution in [-0.2, 0) is 19.1 Å². The van der Waals surface area contributed by atoms with E-state index >= 15 is 0 Å². The first-order valence-electron chi connectivity index (χ1n) is 11.8. The van der Waals surface area contributed by atoms with Gasteiger partial charge >= 0.3 is 5.97 Å². The van der Waals surface area contributed by atoms with Gasteiger partial charge in [0.1, 0.15) is 18.3 Å². The van der Waals surface area contributed by atoms with Gasteiger partial charge in [0.15, 0.2) is 0 Å². The van der Waals surface area contributed by atoms with Gasteiger partial charge in [0.25, 0.3) is 0 Å². The maximum absolute atomic E-state index is 13.0. The highest BCUT2D eigenvalue weighted by Crippen LogP contribution is 2.29. The zero-order valence-electron chi connectivity index (χ0n) is 19.8. The van der Waals surface area contributed by atoms with Crippen LogP contribution in [-0.4, -0.2) is 61.4 Å². The van der Waals surface area contributed by atoms with Gasteiger partial charge in [-0.15, -0.1) is 6.58 Å². The Labute approximate surface area is 188 Å². The lowest BCUT2D eigenvalue weighted by Gasteiger charge is -2.33. The van der Waals surface area contributed by atoms with E-state index in [4.69, 9.17) is 15.2 Å². The van der Waals surface area contributed by atoms with Crippen molar-refractivity contribution in [2.75, 3.05) is 26.2 Å². The normalized spacial score (nSPS) is 33.1. The number of carbonyl (C=O) groups excluding carboxylic acids is 2. The SMILES string of the molecule is C=CC[C@H]1C[C@@H](C)CNCC[C@@H](C)[C@@H](CC)OC(=O)CC(=O)[C@H](C)[C@H]1OCC(O)CN. The Morgan fingerprint density at radius 3 is 2.68 bits per heavy atom. The monoisotopic (exact) mass is 440 g/mol. The van der Waals surface area contributed by atoms with Gasteiger partial charge in [0, 0.05) is 12.5 Å². The third kappa shape index (κ3) is 9.81. The van der Waals surface area contributed by atoms with Crippen molar-refractivity contribution in [3.63, 3.8) is 0 Å². The molecular weight excluding hydrogens is 396 g/mol. The van der Waals surface area contributed by atoms with Crippen molar-refractivity contribution in [1.82, 2.24) is 5.32 Å². The molecule has 0 bridgehead atoms. The molecule has 0 radical (unpaired) electrons. The predicted molar refractivity (Wildman–Crippen MR) is 122 cm³/mol. The van der Waals surface area contributed by atoms with Crippen LogP contribution in [0.3, 0.4) is 0 Å². The topological polar surface area (TPSA) is 111 Å². The molecule has 1 rings (SSSR count). The molecule has 7 atom stereocenters. The number of nitrogens with two attached hydrogens (primary N) is 1. The molecule has 0 amide bonds. The van der Waals surface area contributed by atoms with Crippen LogP contribution in [0.2, 0.25) is 0 Å². The Morgan fingerprint density at radius 1 is 1.35 bits per heavy atom. The number of ether oxygens (including phenoxy) is 2. The number of aliphatic hydroxyl groups excluding tert-OH is 1. The molecule has 1 saturated heterocycles. The molecule has 0 aromatic heterocycles. The Morgan fingerprint density at radius 2 is 2.06 bits per heavy atom. The fraction of sp³-hybridized carbons (Fsp3) is 0.833. The van der Waals surface area contributed by atoms with Crippen molar-refractivity contribution in [3.05, 3.63) is 12.7 Å². The Kier molecular flexibility index (Phi) is 13.2. The van der Waals surface area contributed by atoms with E-state index in [-0.39, 0.29) is 43.3 Å². The lowest BCUT2D eigenvalue weighted by Crippen LogP contribution is -2.40. The highest BCUT2D eigenvalue weighted by atomic mass is 16.5. The van der Waals surface area contributed by atoms with Crippen LogP contribution in [0.4, 0.5) is 0 Å². The summed E-state index contributed by atoms with van der Waals surface area (Å²) in [5.41, 5.74) is 5.52. The minimum Gasteiger partial charge on any atom is -0.462 e. The lowest BCUT2D eigenvalue weighted by atomic mass is 9.81. The van der Waals surface area contributed by atoms with E-state index < -0.39 is 24.1 Å². The number of esters is 1. The van der Waals surface area contributed by atoms with Gasteiger partial charge < -0.3 is 25.6 Å². The van der Waals surface area contributed by atoms with Crippen LogP contribution in [0.15, 0.2) is 12.7 Å². The standard InChI is InChI=1S/C24H44N2O5/c1-6-8-19-11-16(3)14-26-10-9-17(4)22(7-2)31-23(29)12-21(28)18(5)24(19)30-15-20(27)13-25/h6,16-20,22,24,26-27H,1,7-15,25H2,2-5H3/t16-,17-,18+,19+,20?,22-,24-/m1/s1. The molecule has 180 valence electrons. The lowest BCUT2D eigenvalue weighted by molar-refractivity contribution is -0.155. The third-order valence-electron chi connectivity index (χ3n) is 6.30. The minimum absolute atomic E-state index is 0.0432. The summed E-state index contributed by atoms with van der Waals surface area (Å²) in [7, 11) is 0. The maximum Gasteiger partial charge on any atom is 0.313 e. The summed E-state index contributed by atoms with van der Waals surface area (Å²) >= 11 is 0. The zero-order chi connectivity index (χ0) is 23.4. The largest absolute Gasteiger partial charge is 0.462 e. The number of aliphatic hydroxyl groups is 1. The van der Waals surface area contributed by atoms with Gasteiger partial charge in [0.2, 0.25) is 0 Å². The van der Waals surface area contributed by atoms with Gasteiger partial charge in [-0.2, -0.15) is 0 Å². The van der Waals surface area contributed by atoms with Gasteiger partial charge in [-0.1, -0.05) is 33.8 Å². The second-order valence-corrected chi connectivity index (χ2v) is 9.15. The third-order valence-corrected chi connectivity index (χ3v) is 6.30. The summed E-state index contributed by atoms with van der Waals surface area (Å²) in [5.74, 6) is -0.552. The smallest absolute Gasteiger partial charge is 0.313 e. The molecule has 1 unspecified atom stereocenters.